The molecule has 0 radical (unpaired) electrons. The quantitative estimate of drug-likeness (QED) is 0.807. The number of amides is 1. The SMILES string of the molecule is O=C(CSc1cccs1)NCC1CCCC1O. The van der Waals surface area contributed by atoms with E-state index in [-0.39, 0.29) is 17.9 Å². The number of thioether (sulfide) groups is 1. The Kier molecular flexibility index (Phi) is 4.88. The summed E-state index contributed by atoms with van der Waals surface area (Å²) in [5, 5.41) is 14.5. The third-order valence-corrected chi connectivity index (χ3v) is 5.15. The molecule has 2 atom stereocenters. The van der Waals surface area contributed by atoms with Crippen molar-refractivity contribution in [2.75, 3.05) is 12.3 Å². The maximum Gasteiger partial charge on any atom is 0.230 e. The van der Waals surface area contributed by atoms with Crippen molar-refractivity contribution in [3.8, 4) is 0 Å². The molecule has 1 fully saturated rings. The maximum absolute atomic E-state index is 11.6. The van der Waals surface area contributed by atoms with E-state index in [0.29, 0.717) is 12.3 Å². The molecule has 5 heteroatoms. The van der Waals surface area contributed by atoms with E-state index in [0.717, 1.165) is 19.3 Å². The van der Waals surface area contributed by atoms with E-state index >= 15 is 0 Å². The fourth-order valence-corrected chi connectivity index (χ4v) is 3.65. The van der Waals surface area contributed by atoms with Gasteiger partial charge in [0, 0.05) is 12.5 Å². The van der Waals surface area contributed by atoms with Crippen LogP contribution in [-0.4, -0.2) is 29.4 Å². The second-order valence-corrected chi connectivity index (χ2v) is 6.51. The number of thiophene rings is 1. The van der Waals surface area contributed by atoms with E-state index in [2.05, 4.69) is 5.32 Å². The molecule has 17 heavy (non-hydrogen) atoms. The molecule has 1 heterocycles. The van der Waals surface area contributed by atoms with Gasteiger partial charge in [0.05, 0.1) is 16.1 Å². The Morgan fingerprint density at radius 1 is 1.59 bits per heavy atom. The van der Waals surface area contributed by atoms with Gasteiger partial charge >= 0.3 is 0 Å². The highest BCUT2D eigenvalue weighted by Crippen LogP contribution is 2.25. The van der Waals surface area contributed by atoms with Crippen molar-refractivity contribution in [3.05, 3.63) is 17.5 Å². The number of carbonyl (C=O) groups is 1. The molecule has 0 spiro atoms. The summed E-state index contributed by atoms with van der Waals surface area (Å²) in [5.74, 6) is 0.775. The molecule has 1 amide bonds. The summed E-state index contributed by atoms with van der Waals surface area (Å²) in [6.45, 7) is 0.616. The van der Waals surface area contributed by atoms with E-state index in [9.17, 15) is 9.90 Å². The molecule has 2 rings (SSSR count). The summed E-state index contributed by atoms with van der Waals surface area (Å²) < 4.78 is 1.17. The van der Waals surface area contributed by atoms with E-state index in [1.54, 1.807) is 23.1 Å². The molecule has 1 saturated carbocycles. The van der Waals surface area contributed by atoms with Gasteiger partial charge in [0.15, 0.2) is 0 Å². The van der Waals surface area contributed by atoms with Crippen LogP contribution in [0.1, 0.15) is 19.3 Å². The second kappa shape index (κ2) is 6.42. The van der Waals surface area contributed by atoms with Crippen LogP contribution in [0.25, 0.3) is 0 Å². The highest BCUT2D eigenvalue weighted by Gasteiger charge is 2.25. The fourth-order valence-electron chi connectivity index (χ4n) is 2.03. The lowest BCUT2D eigenvalue weighted by Gasteiger charge is -2.14. The monoisotopic (exact) mass is 271 g/mol. The lowest BCUT2D eigenvalue weighted by atomic mass is 10.1. The van der Waals surface area contributed by atoms with Crippen molar-refractivity contribution >= 4 is 29.0 Å². The second-order valence-electron chi connectivity index (χ2n) is 4.28. The molecule has 0 aromatic carbocycles. The van der Waals surface area contributed by atoms with Gasteiger partial charge in [-0.25, -0.2) is 0 Å². The Bertz CT molecular complexity index is 353. The third kappa shape index (κ3) is 4.01. The first-order valence-corrected chi connectivity index (χ1v) is 7.73. The van der Waals surface area contributed by atoms with E-state index < -0.39 is 0 Å². The van der Waals surface area contributed by atoms with Gasteiger partial charge in [-0.1, -0.05) is 12.5 Å². The van der Waals surface area contributed by atoms with Crippen LogP contribution in [0, 0.1) is 5.92 Å². The average molecular weight is 271 g/mol. The lowest BCUT2D eigenvalue weighted by Crippen LogP contribution is -2.33. The predicted molar refractivity (Wildman–Crippen MR) is 71.4 cm³/mol. The van der Waals surface area contributed by atoms with Crippen LogP contribution in [0.3, 0.4) is 0 Å². The van der Waals surface area contributed by atoms with Gasteiger partial charge < -0.3 is 10.4 Å². The predicted octanol–water partition coefficient (Wildman–Crippen LogP) is 2.12. The first-order valence-electron chi connectivity index (χ1n) is 5.87. The molecule has 94 valence electrons. The van der Waals surface area contributed by atoms with Crippen LogP contribution in [0.15, 0.2) is 21.7 Å². The van der Waals surface area contributed by atoms with Gasteiger partial charge in [-0.3, -0.25) is 4.79 Å². The number of hydrogen-bond acceptors (Lipinski definition) is 4. The van der Waals surface area contributed by atoms with Crippen molar-refractivity contribution < 1.29 is 9.90 Å². The Labute approximate surface area is 110 Å². The van der Waals surface area contributed by atoms with Crippen molar-refractivity contribution in [2.45, 2.75) is 29.6 Å². The molecule has 2 N–H and O–H groups in total. The largest absolute Gasteiger partial charge is 0.393 e. The highest BCUT2D eigenvalue weighted by atomic mass is 32.2. The minimum absolute atomic E-state index is 0.0579. The molecular formula is C12H17NO2S2. The Hall–Kier alpha value is -0.520. The summed E-state index contributed by atoms with van der Waals surface area (Å²) in [5.41, 5.74) is 0. The summed E-state index contributed by atoms with van der Waals surface area (Å²) in [7, 11) is 0. The van der Waals surface area contributed by atoms with Crippen molar-refractivity contribution in [1.82, 2.24) is 5.32 Å². The van der Waals surface area contributed by atoms with Gasteiger partial charge in [0.2, 0.25) is 5.91 Å². The summed E-state index contributed by atoms with van der Waals surface area (Å²) >= 11 is 3.21. The van der Waals surface area contributed by atoms with Crippen molar-refractivity contribution in [1.29, 1.82) is 0 Å². The number of carbonyl (C=O) groups excluding carboxylic acids is 1. The molecular weight excluding hydrogens is 254 g/mol. The van der Waals surface area contributed by atoms with Gasteiger partial charge in [-0.15, -0.1) is 23.1 Å². The number of nitrogens with one attached hydrogen (secondary N) is 1. The smallest absolute Gasteiger partial charge is 0.230 e. The zero-order chi connectivity index (χ0) is 12.1. The molecule has 1 aliphatic carbocycles. The van der Waals surface area contributed by atoms with Crippen LogP contribution in [0.2, 0.25) is 0 Å². The zero-order valence-corrected chi connectivity index (χ0v) is 11.2. The molecule has 1 aliphatic rings. The van der Waals surface area contributed by atoms with Crippen LogP contribution in [0.4, 0.5) is 0 Å². The van der Waals surface area contributed by atoms with Gasteiger partial charge in [-0.2, -0.15) is 0 Å². The maximum atomic E-state index is 11.6. The third-order valence-electron chi connectivity index (χ3n) is 3.02. The van der Waals surface area contributed by atoms with Crippen molar-refractivity contribution in [3.63, 3.8) is 0 Å². The average Bonchev–Trinajstić information content (AvgIpc) is 2.95. The summed E-state index contributed by atoms with van der Waals surface area (Å²) in [4.78, 5) is 11.6. The van der Waals surface area contributed by atoms with Crippen molar-refractivity contribution in [2.24, 2.45) is 5.92 Å². The van der Waals surface area contributed by atoms with E-state index in [4.69, 9.17) is 0 Å². The lowest BCUT2D eigenvalue weighted by molar-refractivity contribution is -0.118. The van der Waals surface area contributed by atoms with Crippen LogP contribution >= 0.6 is 23.1 Å². The number of aliphatic hydroxyl groups excluding tert-OH is 1. The number of rotatable bonds is 5. The van der Waals surface area contributed by atoms with E-state index in [1.165, 1.54) is 4.21 Å². The normalized spacial score (nSPS) is 23.8. The Morgan fingerprint density at radius 2 is 2.47 bits per heavy atom. The molecule has 0 bridgehead atoms. The summed E-state index contributed by atoms with van der Waals surface area (Å²) in [6, 6.07) is 4.00. The van der Waals surface area contributed by atoms with E-state index in [1.807, 2.05) is 17.5 Å². The summed E-state index contributed by atoms with van der Waals surface area (Å²) in [6.07, 6.45) is 2.76. The minimum Gasteiger partial charge on any atom is -0.393 e. The molecule has 3 nitrogen and oxygen atoms in total. The van der Waals surface area contributed by atoms with Gasteiger partial charge in [0.25, 0.3) is 0 Å². The number of hydrogen-bond donors (Lipinski definition) is 2. The van der Waals surface area contributed by atoms with Crippen LogP contribution in [0.5, 0.6) is 0 Å². The van der Waals surface area contributed by atoms with Gasteiger partial charge in [-0.05, 0) is 24.3 Å². The number of aliphatic hydroxyl groups is 1. The molecule has 1 aromatic rings. The molecule has 0 aliphatic heterocycles. The fraction of sp³-hybridized carbons (Fsp3) is 0.583. The van der Waals surface area contributed by atoms with Gasteiger partial charge in [0.1, 0.15) is 0 Å². The molecule has 2 unspecified atom stereocenters. The first-order chi connectivity index (χ1) is 8.25. The molecule has 1 aromatic heterocycles. The van der Waals surface area contributed by atoms with Crippen LogP contribution in [-0.2, 0) is 4.79 Å². The highest BCUT2D eigenvalue weighted by molar-refractivity contribution is 8.01. The molecule has 0 saturated heterocycles. The first kappa shape index (κ1) is 12.9. The topological polar surface area (TPSA) is 49.3 Å². The standard InChI is InChI=1S/C12H17NO2S2/c14-10-4-1-3-9(10)7-13-11(15)8-17-12-5-2-6-16-12/h2,5-6,9-10,14H,1,3-4,7-8H2,(H,13,15). The zero-order valence-electron chi connectivity index (χ0n) is 9.59. The Morgan fingerprint density at radius 3 is 3.12 bits per heavy atom. The minimum atomic E-state index is -0.222. The van der Waals surface area contributed by atoms with Crippen LogP contribution < -0.4 is 5.32 Å². The Balaban J connectivity index is 1.64.